The van der Waals surface area contributed by atoms with Crippen molar-refractivity contribution in [1.29, 1.82) is 0 Å². The van der Waals surface area contributed by atoms with Crippen LogP contribution in [0.5, 0.6) is 0 Å². The molecule has 1 rings (SSSR count). The third kappa shape index (κ3) is 3.92. The lowest BCUT2D eigenvalue weighted by Crippen LogP contribution is -2.25. The Morgan fingerprint density at radius 3 is 3.00 bits per heavy atom. The van der Waals surface area contributed by atoms with Gasteiger partial charge in [-0.1, -0.05) is 13.3 Å². The maximum Gasteiger partial charge on any atom is 0.332 e. The molecule has 1 aliphatic rings. The van der Waals surface area contributed by atoms with Crippen molar-refractivity contribution in [1.82, 2.24) is 5.43 Å². The molecule has 0 heterocycles. The van der Waals surface area contributed by atoms with E-state index in [-0.39, 0.29) is 0 Å². The highest BCUT2D eigenvalue weighted by Crippen LogP contribution is 2.20. The number of nitrogens with zero attached hydrogens (tertiary/aromatic N) is 1. The molecule has 0 saturated heterocycles. The Bertz CT molecular complexity index is 213. The summed E-state index contributed by atoms with van der Waals surface area (Å²) in [6.45, 7) is 2.25. The van der Waals surface area contributed by atoms with Gasteiger partial charge in [-0.2, -0.15) is 5.10 Å². The van der Waals surface area contributed by atoms with Gasteiger partial charge in [-0.15, -0.1) is 0 Å². The summed E-state index contributed by atoms with van der Waals surface area (Å²) in [4.78, 5) is 10.4. The van der Waals surface area contributed by atoms with Crippen LogP contribution in [0.3, 0.4) is 0 Å². The average molecular weight is 183 g/mol. The van der Waals surface area contributed by atoms with Crippen molar-refractivity contribution in [3.63, 3.8) is 0 Å². The fraction of sp³-hybridized carbons (Fsp3) is 0.778. The number of hydrogen-bond donors (Lipinski definition) is 2. The Morgan fingerprint density at radius 1 is 1.54 bits per heavy atom. The standard InChI is InChI=1S/C9H17N3O/c1-7-3-2-4-8(6-5-7)11-12-9(10)13/h7H,2-6H2,1H3,(H3,10,12,13)/b11-8+. The van der Waals surface area contributed by atoms with Crippen molar-refractivity contribution in [2.75, 3.05) is 0 Å². The Balaban J connectivity index is 2.41. The van der Waals surface area contributed by atoms with Gasteiger partial charge >= 0.3 is 6.03 Å². The Hall–Kier alpha value is -1.06. The number of hydrogen-bond acceptors (Lipinski definition) is 2. The third-order valence-electron chi connectivity index (χ3n) is 2.41. The van der Waals surface area contributed by atoms with Gasteiger partial charge in [0.25, 0.3) is 0 Å². The fourth-order valence-corrected chi connectivity index (χ4v) is 1.58. The molecule has 0 spiro atoms. The fourth-order valence-electron chi connectivity index (χ4n) is 1.58. The molecule has 2 amide bonds. The summed E-state index contributed by atoms with van der Waals surface area (Å²) >= 11 is 0. The van der Waals surface area contributed by atoms with Crippen molar-refractivity contribution in [3.05, 3.63) is 0 Å². The zero-order valence-corrected chi connectivity index (χ0v) is 8.05. The second kappa shape index (κ2) is 4.84. The van der Waals surface area contributed by atoms with Gasteiger partial charge < -0.3 is 5.73 Å². The van der Waals surface area contributed by atoms with Crippen molar-refractivity contribution < 1.29 is 4.79 Å². The van der Waals surface area contributed by atoms with E-state index in [1.54, 1.807) is 0 Å². The first-order chi connectivity index (χ1) is 6.18. The Morgan fingerprint density at radius 2 is 2.31 bits per heavy atom. The number of carbonyl (C=O) groups excluding carboxylic acids is 1. The third-order valence-corrected chi connectivity index (χ3v) is 2.41. The highest BCUT2D eigenvalue weighted by molar-refractivity contribution is 5.86. The molecule has 1 fully saturated rings. The lowest BCUT2D eigenvalue weighted by Gasteiger charge is -2.03. The van der Waals surface area contributed by atoms with E-state index in [0.29, 0.717) is 0 Å². The maximum atomic E-state index is 10.4. The largest absolute Gasteiger partial charge is 0.350 e. The normalized spacial score (nSPS) is 26.8. The molecule has 0 bridgehead atoms. The molecule has 3 N–H and O–H groups in total. The number of urea groups is 1. The lowest BCUT2D eigenvalue weighted by atomic mass is 10.0. The summed E-state index contributed by atoms with van der Waals surface area (Å²) in [6, 6.07) is -0.579. The Labute approximate surface area is 78.6 Å². The molecule has 4 nitrogen and oxygen atoms in total. The molecular formula is C9H17N3O. The molecule has 0 aliphatic heterocycles. The zero-order valence-electron chi connectivity index (χ0n) is 8.05. The molecule has 0 radical (unpaired) electrons. The second-order valence-corrected chi connectivity index (χ2v) is 3.69. The van der Waals surface area contributed by atoms with E-state index >= 15 is 0 Å². The van der Waals surface area contributed by atoms with E-state index in [1.807, 2.05) is 0 Å². The number of carbonyl (C=O) groups is 1. The Kier molecular flexibility index (Phi) is 3.73. The van der Waals surface area contributed by atoms with E-state index in [0.717, 1.165) is 24.5 Å². The molecule has 1 aliphatic carbocycles. The van der Waals surface area contributed by atoms with E-state index in [4.69, 9.17) is 5.73 Å². The van der Waals surface area contributed by atoms with Crippen LogP contribution in [-0.4, -0.2) is 11.7 Å². The smallest absolute Gasteiger partial charge is 0.332 e. The van der Waals surface area contributed by atoms with Gasteiger partial charge in [-0.3, -0.25) is 0 Å². The van der Waals surface area contributed by atoms with Crippen LogP contribution in [0.15, 0.2) is 5.10 Å². The van der Waals surface area contributed by atoms with Gasteiger partial charge in [0.1, 0.15) is 0 Å². The van der Waals surface area contributed by atoms with Gasteiger partial charge in [-0.05, 0) is 31.6 Å². The zero-order chi connectivity index (χ0) is 9.68. The number of primary amides is 1. The van der Waals surface area contributed by atoms with Crippen molar-refractivity contribution >= 4 is 11.7 Å². The average Bonchev–Trinajstić information content (AvgIpc) is 2.27. The topological polar surface area (TPSA) is 67.5 Å². The summed E-state index contributed by atoms with van der Waals surface area (Å²) in [5.41, 5.74) is 8.28. The predicted octanol–water partition coefficient (Wildman–Crippen LogP) is 1.61. The molecule has 74 valence electrons. The van der Waals surface area contributed by atoms with Gasteiger partial charge in [-0.25, -0.2) is 10.2 Å². The summed E-state index contributed by atoms with van der Waals surface area (Å²) in [5.74, 6) is 0.779. The minimum atomic E-state index is -0.579. The van der Waals surface area contributed by atoms with Gasteiger partial charge in [0.05, 0.1) is 0 Å². The molecule has 1 atom stereocenters. The molecule has 0 aromatic carbocycles. The molecule has 1 saturated carbocycles. The highest BCUT2D eigenvalue weighted by Gasteiger charge is 2.11. The molecule has 13 heavy (non-hydrogen) atoms. The van der Waals surface area contributed by atoms with Crippen molar-refractivity contribution in [3.8, 4) is 0 Å². The lowest BCUT2D eigenvalue weighted by molar-refractivity contribution is 0.249. The van der Waals surface area contributed by atoms with Crippen molar-refractivity contribution in [2.45, 2.75) is 39.0 Å². The summed E-state index contributed by atoms with van der Waals surface area (Å²) in [7, 11) is 0. The van der Waals surface area contributed by atoms with E-state index in [2.05, 4.69) is 17.5 Å². The molecule has 1 unspecified atom stereocenters. The van der Waals surface area contributed by atoms with Crippen molar-refractivity contribution in [2.24, 2.45) is 16.8 Å². The summed E-state index contributed by atoms with van der Waals surface area (Å²) in [5, 5.41) is 3.97. The number of rotatable bonds is 1. The second-order valence-electron chi connectivity index (χ2n) is 3.69. The number of nitrogens with two attached hydrogens (primary N) is 1. The van der Waals surface area contributed by atoms with Gasteiger partial charge in [0.2, 0.25) is 0 Å². The van der Waals surface area contributed by atoms with Gasteiger partial charge in [0.15, 0.2) is 0 Å². The first-order valence-corrected chi connectivity index (χ1v) is 4.79. The summed E-state index contributed by atoms with van der Waals surface area (Å²) in [6.07, 6.45) is 5.57. The van der Waals surface area contributed by atoms with Crippen LogP contribution >= 0.6 is 0 Å². The monoisotopic (exact) mass is 183 g/mol. The van der Waals surface area contributed by atoms with E-state index in [9.17, 15) is 4.79 Å². The van der Waals surface area contributed by atoms with Gasteiger partial charge in [0, 0.05) is 5.71 Å². The van der Waals surface area contributed by atoms with E-state index < -0.39 is 6.03 Å². The van der Waals surface area contributed by atoms with Crippen LogP contribution < -0.4 is 11.2 Å². The quantitative estimate of drug-likeness (QED) is 0.470. The highest BCUT2D eigenvalue weighted by atomic mass is 16.2. The van der Waals surface area contributed by atoms with Crippen LogP contribution in [0.1, 0.15) is 39.0 Å². The molecule has 0 aromatic rings. The first kappa shape index (κ1) is 10.0. The maximum absolute atomic E-state index is 10.4. The van der Waals surface area contributed by atoms with Crippen LogP contribution in [0.2, 0.25) is 0 Å². The molecule has 0 aromatic heterocycles. The molecule has 4 heteroatoms. The van der Waals surface area contributed by atoms with E-state index in [1.165, 1.54) is 19.3 Å². The summed E-state index contributed by atoms with van der Waals surface area (Å²) < 4.78 is 0. The van der Waals surface area contributed by atoms with Crippen LogP contribution in [0.4, 0.5) is 4.79 Å². The number of amides is 2. The predicted molar refractivity (Wildman–Crippen MR) is 52.4 cm³/mol. The SMILES string of the molecule is CC1CCC/C(=N\NC(N)=O)CC1. The van der Waals surface area contributed by atoms with Crippen LogP contribution in [0.25, 0.3) is 0 Å². The minimum absolute atomic E-state index is 0.579. The van der Waals surface area contributed by atoms with Crippen LogP contribution in [0, 0.1) is 5.92 Å². The first-order valence-electron chi connectivity index (χ1n) is 4.79. The van der Waals surface area contributed by atoms with Crippen LogP contribution in [-0.2, 0) is 0 Å². The number of nitrogens with one attached hydrogen (secondary N) is 1. The number of hydrazone groups is 1. The molecular weight excluding hydrogens is 166 g/mol. The minimum Gasteiger partial charge on any atom is -0.350 e.